The smallest absolute Gasteiger partial charge is 0.246 e. The van der Waals surface area contributed by atoms with Crippen molar-refractivity contribution >= 4 is 5.91 Å². The van der Waals surface area contributed by atoms with E-state index in [-0.39, 0.29) is 12.5 Å². The van der Waals surface area contributed by atoms with Crippen LogP contribution in [0.2, 0.25) is 0 Å². The third kappa shape index (κ3) is 4.12. The van der Waals surface area contributed by atoms with E-state index in [1.165, 1.54) is 32.1 Å². The van der Waals surface area contributed by atoms with Crippen molar-refractivity contribution in [2.45, 2.75) is 52.4 Å². The van der Waals surface area contributed by atoms with E-state index >= 15 is 0 Å². The zero-order valence-electron chi connectivity index (χ0n) is 10.7. The number of hydrogen-bond donors (Lipinski definition) is 1. The number of hydrogen-bond acceptors (Lipinski definition) is 2. The number of nitrogens with one attached hydrogen (secondary N) is 1. The number of carbonyl (C=O) groups is 1. The summed E-state index contributed by atoms with van der Waals surface area (Å²) in [6.45, 7) is 5.99. The van der Waals surface area contributed by atoms with Crippen molar-refractivity contribution in [3.05, 3.63) is 0 Å². The van der Waals surface area contributed by atoms with E-state index in [1.54, 1.807) is 0 Å². The second kappa shape index (κ2) is 6.89. The Morgan fingerprint density at radius 2 is 2.00 bits per heavy atom. The zero-order valence-corrected chi connectivity index (χ0v) is 10.7. The predicted molar refractivity (Wildman–Crippen MR) is 65.3 cm³/mol. The van der Waals surface area contributed by atoms with Gasteiger partial charge in [-0.15, -0.1) is 0 Å². The topological polar surface area (TPSA) is 38.3 Å². The third-order valence-electron chi connectivity index (χ3n) is 3.66. The Morgan fingerprint density at radius 1 is 1.31 bits per heavy atom. The van der Waals surface area contributed by atoms with Crippen molar-refractivity contribution in [2.75, 3.05) is 19.8 Å². The van der Waals surface area contributed by atoms with E-state index in [0.29, 0.717) is 12.0 Å². The summed E-state index contributed by atoms with van der Waals surface area (Å²) in [5.74, 6) is 0.0353. The predicted octanol–water partition coefficient (Wildman–Crippen LogP) is 2.50. The summed E-state index contributed by atoms with van der Waals surface area (Å²) >= 11 is 0. The van der Waals surface area contributed by atoms with Crippen LogP contribution in [0, 0.1) is 5.41 Å². The van der Waals surface area contributed by atoms with Crippen LogP contribution in [0.15, 0.2) is 0 Å². The molecule has 0 atom stereocenters. The molecule has 0 aliphatic heterocycles. The number of carbonyl (C=O) groups excluding carboxylic acids is 1. The summed E-state index contributed by atoms with van der Waals surface area (Å²) in [5, 5.41) is 3.01. The zero-order chi connectivity index (χ0) is 11.9. The van der Waals surface area contributed by atoms with Crippen LogP contribution in [0.25, 0.3) is 0 Å². The van der Waals surface area contributed by atoms with Gasteiger partial charge >= 0.3 is 0 Å². The minimum absolute atomic E-state index is 0.0353. The van der Waals surface area contributed by atoms with Crippen molar-refractivity contribution in [1.29, 1.82) is 0 Å². The molecule has 1 aliphatic rings. The van der Waals surface area contributed by atoms with Gasteiger partial charge in [0.2, 0.25) is 5.91 Å². The Kier molecular flexibility index (Phi) is 5.81. The number of amides is 1. The first-order valence-electron chi connectivity index (χ1n) is 6.57. The van der Waals surface area contributed by atoms with Crippen LogP contribution in [0.5, 0.6) is 0 Å². The summed E-state index contributed by atoms with van der Waals surface area (Å²) in [6, 6.07) is 0. The molecule has 0 heterocycles. The molecule has 0 saturated heterocycles. The molecule has 0 unspecified atom stereocenters. The molecule has 1 fully saturated rings. The van der Waals surface area contributed by atoms with Gasteiger partial charge in [0, 0.05) is 13.2 Å². The Hall–Kier alpha value is -0.570. The molecule has 1 aliphatic carbocycles. The Labute approximate surface area is 98.9 Å². The second-order valence-corrected chi connectivity index (χ2v) is 4.89. The lowest BCUT2D eigenvalue weighted by Gasteiger charge is -2.27. The van der Waals surface area contributed by atoms with E-state index in [0.717, 1.165) is 13.0 Å². The van der Waals surface area contributed by atoms with Gasteiger partial charge in [-0.2, -0.15) is 0 Å². The summed E-state index contributed by atoms with van der Waals surface area (Å²) in [5.41, 5.74) is 0.375. The molecular formula is C13H25NO2. The standard InChI is InChI=1S/C13H25NO2/c1-3-9-16-10-12(15)14-11-13(4-2)7-5-6-8-13/h3-11H2,1-2H3,(H,14,15). The molecule has 94 valence electrons. The Bertz CT molecular complexity index is 210. The molecule has 0 spiro atoms. The van der Waals surface area contributed by atoms with Crippen LogP contribution in [0.4, 0.5) is 0 Å². The molecule has 0 radical (unpaired) electrons. The van der Waals surface area contributed by atoms with Crippen molar-refractivity contribution in [1.82, 2.24) is 5.32 Å². The van der Waals surface area contributed by atoms with E-state index < -0.39 is 0 Å². The lowest BCUT2D eigenvalue weighted by atomic mass is 9.83. The Balaban J connectivity index is 2.19. The number of ether oxygens (including phenoxy) is 1. The number of rotatable bonds is 7. The molecule has 1 saturated carbocycles. The molecule has 0 aromatic rings. The first-order chi connectivity index (χ1) is 7.72. The quantitative estimate of drug-likeness (QED) is 0.679. The average Bonchev–Trinajstić information content (AvgIpc) is 2.76. The van der Waals surface area contributed by atoms with Crippen LogP contribution in [-0.4, -0.2) is 25.7 Å². The summed E-state index contributed by atoms with van der Waals surface area (Å²) in [4.78, 5) is 11.5. The monoisotopic (exact) mass is 227 g/mol. The summed E-state index contributed by atoms with van der Waals surface area (Å²) in [6.07, 6.45) is 7.29. The fraction of sp³-hybridized carbons (Fsp3) is 0.923. The normalized spacial score (nSPS) is 18.6. The van der Waals surface area contributed by atoms with Gasteiger partial charge < -0.3 is 10.1 Å². The molecule has 3 heteroatoms. The first-order valence-corrected chi connectivity index (χ1v) is 6.57. The van der Waals surface area contributed by atoms with Crippen LogP contribution in [-0.2, 0) is 9.53 Å². The van der Waals surface area contributed by atoms with Gasteiger partial charge in [-0.3, -0.25) is 4.79 Å². The highest BCUT2D eigenvalue weighted by molar-refractivity contribution is 5.77. The molecular weight excluding hydrogens is 202 g/mol. The van der Waals surface area contributed by atoms with Gasteiger partial charge in [-0.25, -0.2) is 0 Å². The molecule has 1 amide bonds. The van der Waals surface area contributed by atoms with Gasteiger partial charge in [0.25, 0.3) is 0 Å². The lowest BCUT2D eigenvalue weighted by molar-refractivity contribution is -0.126. The van der Waals surface area contributed by atoms with Gasteiger partial charge in [-0.1, -0.05) is 26.7 Å². The van der Waals surface area contributed by atoms with E-state index in [4.69, 9.17) is 4.74 Å². The molecule has 3 nitrogen and oxygen atoms in total. The van der Waals surface area contributed by atoms with Gasteiger partial charge in [-0.05, 0) is 31.1 Å². The van der Waals surface area contributed by atoms with E-state index in [2.05, 4.69) is 12.2 Å². The van der Waals surface area contributed by atoms with Crippen LogP contribution >= 0.6 is 0 Å². The maximum Gasteiger partial charge on any atom is 0.246 e. The van der Waals surface area contributed by atoms with Crippen molar-refractivity contribution in [3.63, 3.8) is 0 Å². The molecule has 1 N–H and O–H groups in total. The SMILES string of the molecule is CCCOCC(=O)NCC1(CC)CCCC1. The maximum atomic E-state index is 11.5. The highest BCUT2D eigenvalue weighted by Crippen LogP contribution is 2.40. The largest absolute Gasteiger partial charge is 0.372 e. The molecule has 0 bridgehead atoms. The van der Waals surface area contributed by atoms with Crippen LogP contribution in [0.1, 0.15) is 52.4 Å². The van der Waals surface area contributed by atoms with Crippen molar-refractivity contribution < 1.29 is 9.53 Å². The van der Waals surface area contributed by atoms with E-state index in [9.17, 15) is 4.79 Å². The summed E-state index contributed by atoms with van der Waals surface area (Å²) < 4.78 is 5.21. The van der Waals surface area contributed by atoms with Gasteiger partial charge in [0.15, 0.2) is 0 Å². The van der Waals surface area contributed by atoms with Crippen molar-refractivity contribution in [3.8, 4) is 0 Å². The first kappa shape index (κ1) is 13.5. The molecule has 1 rings (SSSR count). The molecule has 0 aromatic heterocycles. The van der Waals surface area contributed by atoms with Crippen LogP contribution in [0.3, 0.4) is 0 Å². The molecule has 16 heavy (non-hydrogen) atoms. The fourth-order valence-corrected chi connectivity index (χ4v) is 2.43. The summed E-state index contributed by atoms with van der Waals surface area (Å²) in [7, 11) is 0. The van der Waals surface area contributed by atoms with E-state index in [1.807, 2.05) is 6.92 Å². The highest BCUT2D eigenvalue weighted by atomic mass is 16.5. The third-order valence-corrected chi connectivity index (χ3v) is 3.66. The van der Waals surface area contributed by atoms with Crippen LogP contribution < -0.4 is 5.32 Å². The van der Waals surface area contributed by atoms with Crippen molar-refractivity contribution in [2.24, 2.45) is 5.41 Å². The Morgan fingerprint density at radius 3 is 2.56 bits per heavy atom. The lowest BCUT2D eigenvalue weighted by Crippen LogP contribution is -2.37. The average molecular weight is 227 g/mol. The van der Waals surface area contributed by atoms with Gasteiger partial charge in [0.1, 0.15) is 6.61 Å². The maximum absolute atomic E-state index is 11.5. The second-order valence-electron chi connectivity index (χ2n) is 4.89. The minimum Gasteiger partial charge on any atom is -0.372 e. The fourth-order valence-electron chi connectivity index (χ4n) is 2.43. The minimum atomic E-state index is 0.0353. The molecule has 0 aromatic carbocycles. The van der Waals surface area contributed by atoms with Gasteiger partial charge in [0.05, 0.1) is 0 Å². The highest BCUT2D eigenvalue weighted by Gasteiger charge is 2.31.